The second-order valence-corrected chi connectivity index (χ2v) is 5.40. The smallest absolute Gasteiger partial charge is 0.310 e. The molecule has 0 aliphatic carbocycles. The van der Waals surface area contributed by atoms with E-state index in [9.17, 15) is 13.2 Å². The van der Waals surface area contributed by atoms with E-state index in [-0.39, 0.29) is 12.4 Å². The van der Waals surface area contributed by atoms with Crippen molar-refractivity contribution in [2.45, 2.75) is 18.6 Å². The van der Waals surface area contributed by atoms with Crippen molar-refractivity contribution in [3.63, 3.8) is 0 Å². The molecule has 1 rings (SSSR count). The number of piperidine rings is 1. The molecule has 0 amide bonds. The van der Waals surface area contributed by atoms with Gasteiger partial charge in [0.05, 0.1) is 17.8 Å². The van der Waals surface area contributed by atoms with Crippen LogP contribution in [0.25, 0.3) is 0 Å². The number of primary sulfonamides is 1. The molecule has 1 heterocycles. The van der Waals surface area contributed by atoms with Crippen LogP contribution in [0.2, 0.25) is 0 Å². The van der Waals surface area contributed by atoms with Gasteiger partial charge in [0.15, 0.2) is 0 Å². The standard InChI is InChI=1S/C8H16N2O4S/c1-2-14-8(11)6-3-7(5-10-4-6)15(9,12)13/h6-7,10H,2-5H2,1H3,(H2,9,12,13)/t6-,7-/m1/s1. The molecule has 1 aliphatic rings. The van der Waals surface area contributed by atoms with E-state index in [1.165, 1.54) is 0 Å². The monoisotopic (exact) mass is 236 g/mol. The van der Waals surface area contributed by atoms with Gasteiger partial charge in [-0.05, 0) is 13.3 Å². The van der Waals surface area contributed by atoms with Crippen LogP contribution in [0, 0.1) is 5.92 Å². The molecule has 2 atom stereocenters. The van der Waals surface area contributed by atoms with Crippen molar-refractivity contribution in [1.82, 2.24) is 5.32 Å². The van der Waals surface area contributed by atoms with E-state index in [1.807, 2.05) is 0 Å². The van der Waals surface area contributed by atoms with Gasteiger partial charge in [0.25, 0.3) is 0 Å². The molecule has 88 valence electrons. The molecule has 3 N–H and O–H groups in total. The molecule has 0 aromatic carbocycles. The van der Waals surface area contributed by atoms with Crippen molar-refractivity contribution >= 4 is 16.0 Å². The van der Waals surface area contributed by atoms with Gasteiger partial charge >= 0.3 is 5.97 Å². The van der Waals surface area contributed by atoms with Crippen molar-refractivity contribution in [3.8, 4) is 0 Å². The van der Waals surface area contributed by atoms with E-state index < -0.39 is 21.2 Å². The predicted octanol–water partition coefficient (Wildman–Crippen LogP) is -1.18. The maximum absolute atomic E-state index is 11.4. The van der Waals surface area contributed by atoms with Gasteiger partial charge in [-0.15, -0.1) is 0 Å². The van der Waals surface area contributed by atoms with Gasteiger partial charge in [-0.25, -0.2) is 13.6 Å². The van der Waals surface area contributed by atoms with Gasteiger partial charge in [-0.2, -0.15) is 0 Å². The lowest BCUT2D eigenvalue weighted by molar-refractivity contribution is -0.148. The minimum Gasteiger partial charge on any atom is -0.466 e. The minimum absolute atomic E-state index is 0.241. The van der Waals surface area contributed by atoms with Gasteiger partial charge in [-0.3, -0.25) is 4.79 Å². The Bertz CT molecular complexity index is 328. The summed E-state index contributed by atoms with van der Waals surface area (Å²) in [6.07, 6.45) is 0.241. The minimum atomic E-state index is -3.58. The highest BCUT2D eigenvalue weighted by Crippen LogP contribution is 2.16. The highest BCUT2D eigenvalue weighted by molar-refractivity contribution is 7.89. The Morgan fingerprint density at radius 2 is 2.20 bits per heavy atom. The number of sulfonamides is 1. The fourth-order valence-corrected chi connectivity index (χ4v) is 2.44. The summed E-state index contributed by atoms with van der Waals surface area (Å²) in [5.74, 6) is -0.777. The molecule has 1 fully saturated rings. The zero-order valence-electron chi connectivity index (χ0n) is 8.60. The van der Waals surface area contributed by atoms with Crippen molar-refractivity contribution in [2.24, 2.45) is 11.1 Å². The van der Waals surface area contributed by atoms with E-state index in [4.69, 9.17) is 9.88 Å². The van der Waals surface area contributed by atoms with E-state index in [1.54, 1.807) is 6.92 Å². The third-order valence-corrected chi connectivity index (χ3v) is 3.68. The lowest BCUT2D eigenvalue weighted by atomic mass is 10.00. The molecule has 1 saturated heterocycles. The summed E-state index contributed by atoms with van der Waals surface area (Å²) < 4.78 is 27.0. The van der Waals surface area contributed by atoms with E-state index >= 15 is 0 Å². The number of esters is 1. The van der Waals surface area contributed by atoms with Crippen LogP contribution in [0.15, 0.2) is 0 Å². The first-order valence-corrected chi connectivity index (χ1v) is 6.45. The van der Waals surface area contributed by atoms with Crippen LogP contribution in [-0.4, -0.2) is 39.3 Å². The van der Waals surface area contributed by atoms with Crippen LogP contribution in [0.1, 0.15) is 13.3 Å². The summed E-state index contributed by atoms with van der Waals surface area (Å²) >= 11 is 0. The van der Waals surface area contributed by atoms with Crippen molar-refractivity contribution in [3.05, 3.63) is 0 Å². The Labute approximate surface area is 89.2 Å². The topological polar surface area (TPSA) is 98.5 Å². The predicted molar refractivity (Wildman–Crippen MR) is 54.5 cm³/mol. The molecule has 0 aromatic heterocycles. The van der Waals surface area contributed by atoms with Gasteiger partial charge in [0, 0.05) is 13.1 Å². The Balaban J connectivity index is 2.60. The number of hydrogen-bond donors (Lipinski definition) is 2. The second-order valence-electron chi connectivity index (χ2n) is 3.55. The quantitative estimate of drug-likeness (QED) is 0.601. The number of hydrogen-bond acceptors (Lipinski definition) is 5. The summed E-state index contributed by atoms with van der Waals surface area (Å²) in [5, 5.41) is 7.20. The largest absolute Gasteiger partial charge is 0.466 e. The summed E-state index contributed by atoms with van der Waals surface area (Å²) in [4.78, 5) is 11.4. The fourth-order valence-electron chi connectivity index (χ4n) is 1.59. The van der Waals surface area contributed by atoms with Crippen molar-refractivity contribution in [1.29, 1.82) is 0 Å². The lowest BCUT2D eigenvalue weighted by Gasteiger charge is -2.26. The van der Waals surface area contributed by atoms with E-state index in [2.05, 4.69) is 5.32 Å². The van der Waals surface area contributed by atoms with Gasteiger partial charge in [0.1, 0.15) is 0 Å². The average molecular weight is 236 g/mol. The second kappa shape index (κ2) is 4.91. The van der Waals surface area contributed by atoms with Crippen LogP contribution < -0.4 is 10.5 Å². The first-order valence-electron chi connectivity index (χ1n) is 4.84. The Morgan fingerprint density at radius 3 is 2.73 bits per heavy atom. The molecule has 0 radical (unpaired) electrons. The van der Waals surface area contributed by atoms with Crippen LogP contribution in [0.5, 0.6) is 0 Å². The molecular formula is C8H16N2O4S. The zero-order valence-corrected chi connectivity index (χ0v) is 9.42. The SMILES string of the molecule is CCOC(=O)[C@H]1CNC[C@H](S(N)(=O)=O)C1. The molecule has 7 heteroatoms. The van der Waals surface area contributed by atoms with Crippen LogP contribution in [0.3, 0.4) is 0 Å². The summed E-state index contributed by atoms with van der Waals surface area (Å²) in [6.45, 7) is 2.76. The fraction of sp³-hybridized carbons (Fsp3) is 0.875. The highest BCUT2D eigenvalue weighted by Gasteiger charge is 2.33. The number of carbonyl (C=O) groups excluding carboxylic acids is 1. The molecule has 0 unspecified atom stereocenters. The normalized spacial score (nSPS) is 27.3. The molecule has 0 bridgehead atoms. The highest BCUT2D eigenvalue weighted by atomic mass is 32.2. The maximum Gasteiger partial charge on any atom is 0.310 e. The van der Waals surface area contributed by atoms with Crippen LogP contribution >= 0.6 is 0 Å². The third kappa shape index (κ3) is 3.44. The van der Waals surface area contributed by atoms with Crippen LogP contribution in [0.4, 0.5) is 0 Å². The lowest BCUT2D eigenvalue weighted by Crippen LogP contribution is -2.48. The number of rotatable bonds is 3. The number of nitrogens with one attached hydrogen (secondary N) is 1. The number of carbonyl (C=O) groups is 1. The van der Waals surface area contributed by atoms with Gasteiger partial charge in [0.2, 0.25) is 10.0 Å². The molecule has 15 heavy (non-hydrogen) atoms. The Hall–Kier alpha value is -0.660. The summed E-state index contributed by atoms with van der Waals surface area (Å²) in [7, 11) is -3.58. The third-order valence-electron chi connectivity index (χ3n) is 2.39. The molecule has 6 nitrogen and oxygen atoms in total. The first kappa shape index (κ1) is 12.4. The molecule has 1 aliphatic heterocycles. The van der Waals surface area contributed by atoms with Gasteiger partial charge < -0.3 is 10.1 Å². The number of ether oxygens (including phenoxy) is 1. The van der Waals surface area contributed by atoms with E-state index in [0.717, 1.165) is 0 Å². The van der Waals surface area contributed by atoms with Crippen molar-refractivity contribution < 1.29 is 17.9 Å². The summed E-state index contributed by atoms with van der Waals surface area (Å²) in [6, 6.07) is 0. The van der Waals surface area contributed by atoms with E-state index in [0.29, 0.717) is 19.7 Å². The molecule has 0 spiro atoms. The Kier molecular flexibility index (Phi) is 4.06. The first-order chi connectivity index (χ1) is 6.95. The molecule has 0 saturated carbocycles. The van der Waals surface area contributed by atoms with Crippen molar-refractivity contribution in [2.75, 3.05) is 19.7 Å². The molecular weight excluding hydrogens is 220 g/mol. The van der Waals surface area contributed by atoms with Gasteiger partial charge in [-0.1, -0.05) is 0 Å². The Morgan fingerprint density at radius 1 is 1.53 bits per heavy atom. The average Bonchev–Trinajstić information content (AvgIpc) is 2.17. The molecule has 0 aromatic rings. The zero-order chi connectivity index (χ0) is 11.5. The number of nitrogens with two attached hydrogens (primary N) is 1. The van der Waals surface area contributed by atoms with Crippen LogP contribution in [-0.2, 0) is 19.6 Å². The summed E-state index contributed by atoms with van der Waals surface area (Å²) in [5.41, 5.74) is 0. The maximum atomic E-state index is 11.4.